The smallest absolute Gasteiger partial charge is 0.407 e. The molecule has 0 aliphatic carbocycles. The van der Waals surface area contributed by atoms with Gasteiger partial charge in [-0.2, -0.15) is 0 Å². The topological polar surface area (TPSA) is 87.7 Å². The second kappa shape index (κ2) is 10.6. The van der Waals surface area contributed by atoms with Crippen LogP contribution in [0.3, 0.4) is 0 Å². The Morgan fingerprint density at radius 3 is 2.52 bits per heavy atom. The standard InChI is InChI=1S/C21H30BrN3O4/c1-21(2,3)29-20(28)24-13-15-5-4-12-25(14-15)18(26)10-11-23-19(27)16-6-8-17(22)9-7-16/h6-9,15H,4-5,10-14H2,1-3H3,(H,23,27)(H,24,28)/t15-/m0/s1. The van der Waals surface area contributed by atoms with Gasteiger partial charge in [-0.1, -0.05) is 15.9 Å². The molecule has 0 aromatic heterocycles. The number of amides is 3. The van der Waals surface area contributed by atoms with Crippen LogP contribution in [-0.4, -0.2) is 54.6 Å². The zero-order valence-electron chi connectivity index (χ0n) is 17.3. The molecule has 0 radical (unpaired) electrons. The lowest BCUT2D eigenvalue weighted by Gasteiger charge is -2.33. The first kappa shape index (κ1) is 23.2. The summed E-state index contributed by atoms with van der Waals surface area (Å²) in [7, 11) is 0. The summed E-state index contributed by atoms with van der Waals surface area (Å²) in [6, 6.07) is 7.07. The van der Waals surface area contributed by atoms with E-state index in [-0.39, 0.29) is 24.2 Å². The number of carbonyl (C=O) groups excluding carboxylic acids is 3. The van der Waals surface area contributed by atoms with Crippen molar-refractivity contribution in [3.63, 3.8) is 0 Å². The highest BCUT2D eigenvalue weighted by Gasteiger charge is 2.24. The van der Waals surface area contributed by atoms with Crippen molar-refractivity contribution in [2.45, 2.75) is 45.6 Å². The van der Waals surface area contributed by atoms with E-state index in [0.29, 0.717) is 31.7 Å². The third-order valence-electron chi connectivity index (χ3n) is 4.54. The van der Waals surface area contributed by atoms with E-state index in [2.05, 4.69) is 26.6 Å². The molecule has 1 aliphatic rings. The van der Waals surface area contributed by atoms with E-state index in [1.165, 1.54) is 0 Å². The maximum atomic E-state index is 12.5. The quantitative estimate of drug-likeness (QED) is 0.671. The van der Waals surface area contributed by atoms with E-state index in [0.717, 1.165) is 17.3 Å². The molecule has 160 valence electrons. The molecule has 1 saturated heterocycles. The van der Waals surface area contributed by atoms with E-state index in [9.17, 15) is 14.4 Å². The molecule has 2 N–H and O–H groups in total. The largest absolute Gasteiger partial charge is 0.444 e. The highest BCUT2D eigenvalue weighted by atomic mass is 79.9. The van der Waals surface area contributed by atoms with Crippen LogP contribution in [0.5, 0.6) is 0 Å². The van der Waals surface area contributed by atoms with Gasteiger partial charge in [-0.3, -0.25) is 9.59 Å². The number of carbonyl (C=O) groups is 3. The third kappa shape index (κ3) is 8.43. The van der Waals surface area contributed by atoms with Crippen molar-refractivity contribution < 1.29 is 19.1 Å². The number of nitrogens with one attached hydrogen (secondary N) is 2. The van der Waals surface area contributed by atoms with Crippen LogP contribution in [0, 0.1) is 5.92 Å². The summed E-state index contributed by atoms with van der Waals surface area (Å²) in [4.78, 5) is 38.2. The average Bonchev–Trinajstić information content (AvgIpc) is 2.65. The van der Waals surface area contributed by atoms with Crippen LogP contribution in [0.2, 0.25) is 0 Å². The number of nitrogens with zero attached hydrogens (tertiary/aromatic N) is 1. The third-order valence-corrected chi connectivity index (χ3v) is 5.07. The Hall–Kier alpha value is -2.09. The maximum Gasteiger partial charge on any atom is 0.407 e. The molecule has 2 rings (SSSR count). The van der Waals surface area contributed by atoms with Gasteiger partial charge in [0.2, 0.25) is 5.91 Å². The van der Waals surface area contributed by atoms with Crippen LogP contribution < -0.4 is 10.6 Å². The summed E-state index contributed by atoms with van der Waals surface area (Å²) in [5.74, 6) is 0.0315. The van der Waals surface area contributed by atoms with E-state index in [1.54, 1.807) is 24.3 Å². The summed E-state index contributed by atoms with van der Waals surface area (Å²) in [6.07, 6.45) is 1.68. The van der Waals surface area contributed by atoms with E-state index < -0.39 is 11.7 Å². The van der Waals surface area contributed by atoms with Gasteiger partial charge in [0.05, 0.1) is 0 Å². The Morgan fingerprint density at radius 2 is 1.86 bits per heavy atom. The molecule has 1 aliphatic heterocycles. The van der Waals surface area contributed by atoms with Crippen molar-refractivity contribution in [2.75, 3.05) is 26.2 Å². The molecular formula is C21H30BrN3O4. The molecule has 7 nitrogen and oxygen atoms in total. The normalized spacial score (nSPS) is 16.8. The van der Waals surface area contributed by atoms with Crippen LogP contribution in [0.15, 0.2) is 28.7 Å². The lowest BCUT2D eigenvalue weighted by Crippen LogP contribution is -2.45. The summed E-state index contributed by atoms with van der Waals surface area (Å²) < 4.78 is 6.16. The molecule has 0 bridgehead atoms. The Kier molecular flexibility index (Phi) is 8.49. The number of benzene rings is 1. The summed E-state index contributed by atoms with van der Waals surface area (Å²) in [5, 5.41) is 5.58. The minimum Gasteiger partial charge on any atom is -0.444 e. The van der Waals surface area contributed by atoms with Crippen LogP contribution in [0.1, 0.15) is 50.4 Å². The van der Waals surface area contributed by atoms with Crippen LogP contribution >= 0.6 is 15.9 Å². The van der Waals surface area contributed by atoms with Crippen molar-refractivity contribution >= 4 is 33.8 Å². The Labute approximate surface area is 180 Å². The van der Waals surface area contributed by atoms with Gasteiger partial charge in [-0.25, -0.2) is 4.79 Å². The summed E-state index contributed by atoms with van der Waals surface area (Å²) in [6.45, 7) is 7.57. The molecule has 1 aromatic rings. The van der Waals surface area contributed by atoms with Crippen molar-refractivity contribution in [2.24, 2.45) is 5.92 Å². The fourth-order valence-corrected chi connectivity index (χ4v) is 3.41. The highest BCUT2D eigenvalue weighted by molar-refractivity contribution is 9.10. The summed E-state index contributed by atoms with van der Waals surface area (Å²) in [5.41, 5.74) is 0.0335. The van der Waals surface area contributed by atoms with Crippen molar-refractivity contribution in [3.05, 3.63) is 34.3 Å². The zero-order chi connectivity index (χ0) is 21.4. The SMILES string of the molecule is CC(C)(C)OC(=O)NC[C@@H]1CCCN(C(=O)CCNC(=O)c2ccc(Br)cc2)C1. The van der Waals surface area contributed by atoms with Gasteiger partial charge in [-0.05, 0) is 63.8 Å². The second-order valence-corrected chi connectivity index (χ2v) is 9.16. The van der Waals surface area contributed by atoms with Crippen LogP contribution in [-0.2, 0) is 9.53 Å². The second-order valence-electron chi connectivity index (χ2n) is 8.24. The highest BCUT2D eigenvalue weighted by Crippen LogP contribution is 2.17. The average molecular weight is 468 g/mol. The molecule has 1 fully saturated rings. The minimum absolute atomic E-state index is 0.0167. The van der Waals surface area contributed by atoms with Gasteiger partial charge < -0.3 is 20.3 Å². The van der Waals surface area contributed by atoms with Gasteiger partial charge >= 0.3 is 6.09 Å². The maximum absolute atomic E-state index is 12.5. The molecule has 0 unspecified atom stereocenters. The first-order valence-corrected chi connectivity index (χ1v) is 10.7. The first-order valence-electron chi connectivity index (χ1n) is 9.92. The number of ether oxygens (including phenoxy) is 1. The first-order chi connectivity index (χ1) is 13.6. The predicted molar refractivity (Wildman–Crippen MR) is 115 cm³/mol. The van der Waals surface area contributed by atoms with Gasteiger partial charge in [0.15, 0.2) is 0 Å². The Bertz CT molecular complexity index is 716. The minimum atomic E-state index is -0.528. The number of halogens is 1. The predicted octanol–water partition coefficient (Wildman–Crippen LogP) is 3.33. The van der Waals surface area contributed by atoms with Crippen LogP contribution in [0.4, 0.5) is 4.79 Å². The van der Waals surface area contributed by atoms with Gasteiger partial charge in [0.1, 0.15) is 5.60 Å². The number of hydrogen-bond acceptors (Lipinski definition) is 4. The summed E-state index contributed by atoms with van der Waals surface area (Å²) >= 11 is 3.33. The van der Waals surface area contributed by atoms with Crippen molar-refractivity contribution in [1.82, 2.24) is 15.5 Å². The van der Waals surface area contributed by atoms with Gasteiger partial charge in [0.25, 0.3) is 5.91 Å². The van der Waals surface area contributed by atoms with Gasteiger partial charge in [-0.15, -0.1) is 0 Å². The molecule has 0 spiro atoms. The Morgan fingerprint density at radius 1 is 1.17 bits per heavy atom. The lowest BCUT2D eigenvalue weighted by atomic mass is 9.98. The zero-order valence-corrected chi connectivity index (χ0v) is 18.9. The number of alkyl carbamates (subject to hydrolysis) is 1. The number of hydrogen-bond donors (Lipinski definition) is 2. The molecule has 3 amide bonds. The monoisotopic (exact) mass is 467 g/mol. The van der Waals surface area contributed by atoms with Gasteiger partial charge in [0, 0.05) is 42.6 Å². The van der Waals surface area contributed by atoms with E-state index in [1.807, 2.05) is 25.7 Å². The Balaban J connectivity index is 1.71. The fourth-order valence-electron chi connectivity index (χ4n) is 3.14. The number of likely N-dealkylation sites (tertiary alicyclic amines) is 1. The van der Waals surface area contributed by atoms with Crippen LogP contribution in [0.25, 0.3) is 0 Å². The molecule has 1 aromatic carbocycles. The lowest BCUT2D eigenvalue weighted by molar-refractivity contribution is -0.132. The molecule has 8 heteroatoms. The van der Waals surface area contributed by atoms with E-state index >= 15 is 0 Å². The molecular weight excluding hydrogens is 438 g/mol. The van der Waals surface area contributed by atoms with Crippen molar-refractivity contribution in [3.8, 4) is 0 Å². The molecule has 1 heterocycles. The van der Waals surface area contributed by atoms with Crippen molar-refractivity contribution in [1.29, 1.82) is 0 Å². The number of piperidine rings is 1. The van der Waals surface area contributed by atoms with E-state index in [4.69, 9.17) is 4.74 Å². The molecule has 0 saturated carbocycles. The molecule has 29 heavy (non-hydrogen) atoms. The number of rotatable bonds is 6. The molecule has 1 atom stereocenters. The fraction of sp³-hybridized carbons (Fsp3) is 0.571.